The van der Waals surface area contributed by atoms with Crippen molar-refractivity contribution in [2.45, 2.75) is 16.0 Å². The van der Waals surface area contributed by atoms with Crippen LogP contribution in [0.4, 0.5) is 35.0 Å². The van der Waals surface area contributed by atoms with E-state index in [1.54, 1.807) is 12.1 Å². The molecule has 0 fully saturated rings. The minimum Gasteiger partial charge on any atom is -0.506 e. The van der Waals surface area contributed by atoms with E-state index in [0.29, 0.717) is 15.5 Å². The molecule has 13 heteroatoms. The number of anilines is 3. The Morgan fingerprint density at radius 3 is 2.12 bits per heavy atom. The highest BCUT2D eigenvalue weighted by atomic mass is 35.5. The van der Waals surface area contributed by atoms with E-state index < -0.39 is 27.8 Å². The van der Waals surface area contributed by atoms with Crippen molar-refractivity contribution >= 4 is 56.5 Å². The molecular weight excluding hydrogens is 515 g/mol. The summed E-state index contributed by atoms with van der Waals surface area (Å²) in [4.78, 5) is 13.4. The topological polar surface area (TPSA) is 108 Å². The Labute approximate surface area is 202 Å². The molecule has 0 aromatic heterocycles. The lowest BCUT2D eigenvalue weighted by atomic mass is 10.2. The molecule has 0 heterocycles. The standard InChI is InChI=1S/C21H17ClF3N3O4S2/c1-34(31,32)28-17-11-14(4-8-18(17)29)27-20(30)26-13-5-9-19(16(22)10-13)33-15-6-2-12(3-7-15)21(23,24)25/h2-11,28-29H,1H3,(H2,26,27,30). The molecule has 0 saturated carbocycles. The monoisotopic (exact) mass is 531 g/mol. The molecule has 0 saturated heterocycles. The van der Waals surface area contributed by atoms with Gasteiger partial charge in [-0.25, -0.2) is 13.2 Å². The number of halogens is 4. The second kappa shape index (κ2) is 10.0. The van der Waals surface area contributed by atoms with Gasteiger partial charge in [-0.05, 0) is 60.7 Å². The van der Waals surface area contributed by atoms with Crippen molar-refractivity contribution in [1.82, 2.24) is 0 Å². The maximum atomic E-state index is 12.7. The summed E-state index contributed by atoms with van der Waals surface area (Å²) in [5.74, 6) is -0.315. The highest BCUT2D eigenvalue weighted by Gasteiger charge is 2.30. The molecule has 3 rings (SSSR count). The van der Waals surface area contributed by atoms with E-state index in [1.807, 2.05) is 0 Å². The third kappa shape index (κ3) is 7.20. The lowest BCUT2D eigenvalue weighted by Gasteiger charge is -2.12. The van der Waals surface area contributed by atoms with E-state index in [0.717, 1.165) is 30.2 Å². The second-order valence-corrected chi connectivity index (χ2v) is 10.2. The number of carbonyl (C=O) groups excluding carboxylic acids is 1. The molecule has 3 aromatic carbocycles. The lowest BCUT2D eigenvalue weighted by molar-refractivity contribution is -0.137. The Balaban J connectivity index is 1.65. The molecule has 0 spiro atoms. The summed E-state index contributed by atoms with van der Waals surface area (Å²) in [6.07, 6.45) is -3.50. The van der Waals surface area contributed by atoms with Gasteiger partial charge in [0.15, 0.2) is 0 Å². The number of phenolic OH excluding ortho intramolecular Hbond substituents is 1. The third-order valence-corrected chi connectivity index (χ3v) is 6.25. The van der Waals surface area contributed by atoms with Crippen LogP contribution in [-0.2, 0) is 16.2 Å². The van der Waals surface area contributed by atoms with E-state index in [2.05, 4.69) is 15.4 Å². The summed E-state index contributed by atoms with van der Waals surface area (Å²) in [6, 6.07) is 12.5. The van der Waals surface area contributed by atoms with Gasteiger partial charge in [0, 0.05) is 21.2 Å². The number of hydrogen-bond acceptors (Lipinski definition) is 5. The van der Waals surface area contributed by atoms with Gasteiger partial charge in [0.25, 0.3) is 0 Å². The van der Waals surface area contributed by atoms with E-state index in [-0.39, 0.29) is 22.1 Å². The fourth-order valence-corrected chi connectivity index (χ4v) is 4.37. The number of urea groups is 1. The fourth-order valence-electron chi connectivity index (χ4n) is 2.69. The molecule has 2 amide bonds. The van der Waals surface area contributed by atoms with Crippen LogP contribution in [0.2, 0.25) is 5.02 Å². The molecule has 0 aliphatic carbocycles. The van der Waals surface area contributed by atoms with Crippen LogP contribution in [0, 0.1) is 0 Å². The van der Waals surface area contributed by atoms with Gasteiger partial charge in [0.05, 0.1) is 22.5 Å². The lowest BCUT2D eigenvalue weighted by Crippen LogP contribution is -2.19. The van der Waals surface area contributed by atoms with Crippen molar-refractivity contribution in [3.8, 4) is 5.75 Å². The van der Waals surface area contributed by atoms with Crippen LogP contribution in [0.3, 0.4) is 0 Å². The zero-order valence-corrected chi connectivity index (χ0v) is 19.7. The molecule has 0 unspecified atom stereocenters. The average Bonchev–Trinajstić information content (AvgIpc) is 2.71. The molecule has 34 heavy (non-hydrogen) atoms. The molecule has 3 aromatic rings. The molecule has 180 valence electrons. The Hall–Kier alpha value is -3.09. The number of phenols is 1. The summed E-state index contributed by atoms with van der Waals surface area (Å²) in [7, 11) is -3.64. The predicted molar refractivity (Wildman–Crippen MR) is 126 cm³/mol. The van der Waals surface area contributed by atoms with Crippen molar-refractivity contribution in [1.29, 1.82) is 0 Å². The Morgan fingerprint density at radius 2 is 1.56 bits per heavy atom. The summed E-state index contributed by atoms with van der Waals surface area (Å²) in [5.41, 5.74) is -0.302. The minimum atomic E-state index is -4.42. The van der Waals surface area contributed by atoms with Crippen LogP contribution in [0.1, 0.15) is 5.56 Å². The van der Waals surface area contributed by atoms with E-state index in [4.69, 9.17) is 11.6 Å². The van der Waals surface area contributed by atoms with Crippen molar-refractivity contribution in [2.24, 2.45) is 0 Å². The summed E-state index contributed by atoms with van der Waals surface area (Å²) >= 11 is 7.42. The minimum absolute atomic E-state index is 0.104. The van der Waals surface area contributed by atoms with Gasteiger partial charge >= 0.3 is 12.2 Å². The first-order valence-corrected chi connectivity index (χ1v) is 12.4. The van der Waals surface area contributed by atoms with Crippen molar-refractivity contribution in [3.05, 3.63) is 71.2 Å². The SMILES string of the molecule is CS(=O)(=O)Nc1cc(NC(=O)Nc2ccc(Sc3ccc(C(F)(F)F)cc3)c(Cl)c2)ccc1O. The smallest absolute Gasteiger partial charge is 0.416 e. The molecule has 0 radical (unpaired) electrons. The molecule has 0 aliphatic heterocycles. The van der Waals surface area contributed by atoms with Crippen LogP contribution >= 0.6 is 23.4 Å². The number of rotatable bonds is 6. The molecular formula is C21H17ClF3N3O4S2. The second-order valence-electron chi connectivity index (χ2n) is 6.95. The van der Waals surface area contributed by atoms with Gasteiger partial charge in [-0.15, -0.1) is 0 Å². The van der Waals surface area contributed by atoms with Crippen molar-refractivity contribution < 1.29 is 31.5 Å². The first kappa shape index (κ1) is 25.5. The van der Waals surface area contributed by atoms with Gasteiger partial charge in [-0.3, -0.25) is 4.72 Å². The zero-order chi connectivity index (χ0) is 25.1. The highest BCUT2D eigenvalue weighted by Crippen LogP contribution is 2.37. The number of aromatic hydroxyl groups is 1. The molecule has 0 aliphatic rings. The maximum absolute atomic E-state index is 12.7. The van der Waals surface area contributed by atoms with Crippen molar-refractivity contribution in [2.75, 3.05) is 21.6 Å². The number of benzene rings is 3. The molecule has 4 N–H and O–H groups in total. The van der Waals surface area contributed by atoms with Crippen LogP contribution in [0.25, 0.3) is 0 Å². The summed E-state index contributed by atoms with van der Waals surface area (Å²) in [6.45, 7) is 0. The van der Waals surface area contributed by atoms with Gasteiger partial charge in [-0.1, -0.05) is 23.4 Å². The average molecular weight is 532 g/mol. The quantitative estimate of drug-likeness (QED) is 0.223. The first-order valence-electron chi connectivity index (χ1n) is 9.34. The number of carbonyl (C=O) groups is 1. The first-order chi connectivity index (χ1) is 15.8. The van der Waals surface area contributed by atoms with Gasteiger partial charge in [0.1, 0.15) is 5.75 Å². The third-order valence-electron chi connectivity index (χ3n) is 4.15. The number of hydrogen-bond donors (Lipinski definition) is 4. The molecule has 0 bridgehead atoms. The zero-order valence-electron chi connectivity index (χ0n) is 17.3. The van der Waals surface area contributed by atoms with Crippen LogP contribution in [0.5, 0.6) is 5.75 Å². The van der Waals surface area contributed by atoms with Crippen LogP contribution < -0.4 is 15.4 Å². The van der Waals surface area contributed by atoms with Gasteiger partial charge in [0.2, 0.25) is 10.0 Å². The number of amides is 2. The van der Waals surface area contributed by atoms with E-state index in [1.165, 1.54) is 36.4 Å². The van der Waals surface area contributed by atoms with E-state index in [9.17, 15) is 31.5 Å². The Kier molecular flexibility index (Phi) is 7.54. The van der Waals surface area contributed by atoms with Crippen molar-refractivity contribution in [3.63, 3.8) is 0 Å². The summed E-state index contributed by atoms with van der Waals surface area (Å²) < 4.78 is 63.0. The van der Waals surface area contributed by atoms with Gasteiger partial charge in [-0.2, -0.15) is 13.2 Å². The molecule has 7 nitrogen and oxygen atoms in total. The van der Waals surface area contributed by atoms with Gasteiger partial charge < -0.3 is 15.7 Å². The molecule has 0 atom stereocenters. The fraction of sp³-hybridized carbons (Fsp3) is 0.0952. The Bertz CT molecular complexity index is 1320. The largest absolute Gasteiger partial charge is 0.506 e. The van der Waals surface area contributed by atoms with Crippen LogP contribution in [-0.4, -0.2) is 25.8 Å². The maximum Gasteiger partial charge on any atom is 0.416 e. The summed E-state index contributed by atoms with van der Waals surface area (Å²) in [5, 5.41) is 15.1. The number of sulfonamides is 1. The van der Waals surface area contributed by atoms with Crippen LogP contribution in [0.15, 0.2) is 70.5 Å². The van der Waals surface area contributed by atoms with E-state index >= 15 is 0 Å². The number of alkyl halides is 3. The predicted octanol–water partition coefficient (Wildman–Crippen LogP) is 6.23. The Morgan fingerprint density at radius 1 is 0.971 bits per heavy atom. The normalized spacial score (nSPS) is 11.7. The number of nitrogens with one attached hydrogen (secondary N) is 3. The highest BCUT2D eigenvalue weighted by molar-refractivity contribution is 7.99.